The summed E-state index contributed by atoms with van der Waals surface area (Å²) in [6.07, 6.45) is 3.57. The number of esters is 1. The molecule has 0 unspecified atom stereocenters. The molecule has 22 heavy (non-hydrogen) atoms. The Kier molecular flexibility index (Phi) is 4.38. The van der Waals surface area contributed by atoms with Crippen molar-refractivity contribution in [3.63, 3.8) is 0 Å². The zero-order valence-corrected chi connectivity index (χ0v) is 12.6. The van der Waals surface area contributed by atoms with Gasteiger partial charge in [0.15, 0.2) is 5.69 Å². The van der Waals surface area contributed by atoms with Crippen LogP contribution >= 0.6 is 0 Å². The Morgan fingerprint density at radius 2 is 1.95 bits per heavy atom. The predicted molar refractivity (Wildman–Crippen MR) is 79.7 cm³/mol. The van der Waals surface area contributed by atoms with E-state index >= 15 is 0 Å². The van der Waals surface area contributed by atoms with Gasteiger partial charge in [-0.05, 0) is 43.2 Å². The van der Waals surface area contributed by atoms with E-state index in [1.165, 1.54) is 7.11 Å². The van der Waals surface area contributed by atoms with Gasteiger partial charge in [0, 0.05) is 19.1 Å². The second-order valence-corrected chi connectivity index (χ2v) is 5.78. The second kappa shape index (κ2) is 6.44. The number of methoxy groups -OCH3 is 1. The lowest BCUT2D eigenvalue weighted by molar-refractivity contribution is -0.117. The molecule has 0 bridgehead atoms. The largest absolute Gasteiger partial charge is 0.464 e. The first-order valence-electron chi connectivity index (χ1n) is 7.67. The van der Waals surface area contributed by atoms with Gasteiger partial charge in [-0.1, -0.05) is 6.07 Å². The van der Waals surface area contributed by atoms with Crippen molar-refractivity contribution >= 4 is 17.7 Å². The fourth-order valence-corrected chi connectivity index (χ4v) is 2.71. The maximum atomic E-state index is 12.0. The van der Waals surface area contributed by atoms with E-state index in [9.17, 15) is 9.59 Å². The van der Waals surface area contributed by atoms with Gasteiger partial charge in [-0.3, -0.25) is 4.79 Å². The SMILES string of the molecule is COC(=O)c1nc(NC(=O)C2CC2)ccc1C1CCOCC1. The third kappa shape index (κ3) is 3.27. The highest BCUT2D eigenvalue weighted by Gasteiger charge is 2.30. The standard InChI is InChI=1S/C16H20N2O4/c1-21-16(20)14-12(10-6-8-22-9-7-10)4-5-13(17-14)18-15(19)11-2-3-11/h4-5,10-11H,2-3,6-9H2,1H3,(H,17,18,19). The molecule has 2 fully saturated rings. The molecule has 1 aromatic heterocycles. The van der Waals surface area contributed by atoms with E-state index in [-0.39, 0.29) is 17.7 Å². The maximum absolute atomic E-state index is 12.0. The molecule has 3 rings (SSSR count). The van der Waals surface area contributed by atoms with Crippen LogP contribution in [0, 0.1) is 5.92 Å². The number of nitrogens with one attached hydrogen (secondary N) is 1. The van der Waals surface area contributed by atoms with Crippen LogP contribution in [0.1, 0.15) is 47.7 Å². The van der Waals surface area contributed by atoms with E-state index in [4.69, 9.17) is 9.47 Å². The summed E-state index contributed by atoms with van der Waals surface area (Å²) in [4.78, 5) is 28.2. The lowest BCUT2D eigenvalue weighted by Crippen LogP contribution is -2.20. The van der Waals surface area contributed by atoms with Crippen LogP contribution in [0.3, 0.4) is 0 Å². The number of amides is 1. The molecule has 0 aromatic carbocycles. The number of carbonyl (C=O) groups excluding carboxylic acids is 2. The van der Waals surface area contributed by atoms with Gasteiger partial charge >= 0.3 is 5.97 Å². The Morgan fingerprint density at radius 3 is 2.59 bits per heavy atom. The Labute approximate surface area is 129 Å². The first kappa shape index (κ1) is 15.0. The monoisotopic (exact) mass is 304 g/mol. The molecule has 6 nitrogen and oxygen atoms in total. The fourth-order valence-electron chi connectivity index (χ4n) is 2.71. The number of anilines is 1. The topological polar surface area (TPSA) is 77.5 Å². The number of rotatable bonds is 4. The molecular weight excluding hydrogens is 284 g/mol. The quantitative estimate of drug-likeness (QED) is 0.862. The number of carbonyl (C=O) groups is 2. The van der Waals surface area contributed by atoms with Crippen molar-refractivity contribution in [3.8, 4) is 0 Å². The van der Waals surface area contributed by atoms with Crippen molar-refractivity contribution in [2.45, 2.75) is 31.6 Å². The number of hydrogen-bond donors (Lipinski definition) is 1. The molecule has 1 aliphatic carbocycles. The van der Waals surface area contributed by atoms with E-state index in [0.717, 1.165) is 31.2 Å². The van der Waals surface area contributed by atoms with Gasteiger partial charge < -0.3 is 14.8 Å². The molecule has 2 aliphatic rings. The molecule has 1 saturated carbocycles. The Hall–Kier alpha value is -1.95. The van der Waals surface area contributed by atoms with Gasteiger partial charge in [0.25, 0.3) is 0 Å². The summed E-state index contributed by atoms with van der Waals surface area (Å²) in [7, 11) is 1.34. The average Bonchev–Trinajstić information content (AvgIpc) is 3.40. The van der Waals surface area contributed by atoms with Crippen LogP contribution in [0.15, 0.2) is 12.1 Å². The van der Waals surface area contributed by atoms with E-state index in [0.29, 0.717) is 24.7 Å². The number of ether oxygens (including phenoxy) is 2. The van der Waals surface area contributed by atoms with Gasteiger partial charge in [-0.25, -0.2) is 9.78 Å². The van der Waals surface area contributed by atoms with E-state index in [1.807, 2.05) is 6.07 Å². The predicted octanol–water partition coefficient (Wildman–Crippen LogP) is 2.11. The van der Waals surface area contributed by atoms with Crippen LogP contribution in [0.4, 0.5) is 5.82 Å². The Balaban J connectivity index is 1.85. The average molecular weight is 304 g/mol. The minimum Gasteiger partial charge on any atom is -0.464 e. The summed E-state index contributed by atoms with van der Waals surface area (Å²) in [6, 6.07) is 3.63. The summed E-state index contributed by atoms with van der Waals surface area (Å²) in [5.41, 5.74) is 1.17. The molecule has 1 saturated heterocycles. The van der Waals surface area contributed by atoms with Gasteiger partial charge in [0.2, 0.25) is 5.91 Å². The summed E-state index contributed by atoms with van der Waals surface area (Å²) in [5, 5.41) is 2.77. The first-order chi connectivity index (χ1) is 10.7. The number of nitrogens with zero attached hydrogens (tertiary/aromatic N) is 1. The van der Waals surface area contributed by atoms with E-state index < -0.39 is 5.97 Å². The molecule has 6 heteroatoms. The summed E-state index contributed by atoms with van der Waals surface area (Å²) in [5.74, 6) is 0.251. The molecule has 1 amide bonds. The highest BCUT2D eigenvalue weighted by molar-refractivity contribution is 5.94. The first-order valence-corrected chi connectivity index (χ1v) is 7.67. The third-order valence-corrected chi connectivity index (χ3v) is 4.17. The van der Waals surface area contributed by atoms with Crippen molar-refractivity contribution in [1.82, 2.24) is 4.98 Å². The number of pyridine rings is 1. The summed E-state index contributed by atoms with van der Waals surface area (Å²) >= 11 is 0. The highest BCUT2D eigenvalue weighted by Crippen LogP contribution is 2.32. The smallest absolute Gasteiger partial charge is 0.357 e. The molecular formula is C16H20N2O4. The zero-order chi connectivity index (χ0) is 15.5. The Bertz CT molecular complexity index is 578. The van der Waals surface area contributed by atoms with Crippen LogP contribution in [0.5, 0.6) is 0 Å². The maximum Gasteiger partial charge on any atom is 0.357 e. The molecule has 1 N–H and O–H groups in total. The molecule has 0 radical (unpaired) electrons. The van der Waals surface area contributed by atoms with Gasteiger partial charge in [0.05, 0.1) is 7.11 Å². The second-order valence-electron chi connectivity index (χ2n) is 5.78. The molecule has 0 atom stereocenters. The number of aromatic nitrogens is 1. The van der Waals surface area contributed by atoms with Crippen LogP contribution in [-0.2, 0) is 14.3 Å². The van der Waals surface area contributed by atoms with Gasteiger partial charge in [0.1, 0.15) is 5.82 Å². The molecule has 0 spiro atoms. The van der Waals surface area contributed by atoms with E-state index in [1.54, 1.807) is 6.07 Å². The van der Waals surface area contributed by atoms with Crippen molar-refractivity contribution in [3.05, 3.63) is 23.4 Å². The minimum absolute atomic E-state index is 0.0258. The van der Waals surface area contributed by atoms with Gasteiger partial charge in [-0.15, -0.1) is 0 Å². The molecule has 2 heterocycles. The molecule has 1 aromatic rings. The lowest BCUT2D eigenvalue weighted by Gasteiger charge is -2.23. The summed E-state index contributed by atoms with van der Waals surface area (Å²) in [6.45, 7) is 1.37. The van der Waals surface area contributed by atoms with Crippen LogP contribution in [0.25, 0.3) is 0 Å². The zero-order valence-electron chi connectivity index (χ0n) is 12.6. The highest BCUT2D eigenvalue weighted by atomic mass is 16.5. The van der Waals surface area contributed by atoms with Crippen molar-refractivity contribution < 1.29 is 19.1 Å². The normalized spacial score (nSPS) is 18.8. The lowest BCUT2D eigenvalue weighted by atomic mass is 9.90. The molecule has 1 aliphatic heterocycles. The molecule has 118 valence electrons. The van der Waals surface area contributed by atoms with Gasteiger partial charge in [-0.2, -0.15) is 0 Å². The van der Waals surface area contributed by atoms with Crippen LogP contribution < -0.4 is 5.32 Å². The fraction of sp³-hybridized carbons (Fsp3) is 0.562. The third-order valence-electron chi connectivity index (χ3n) is 4.17. The van der Waals surface area contributed by atoms with Crippen molar-refractivity contribution in [1.29, 1.82) is 0 Å². The number of hydrogen-bond acceptors (Lipinski definition) is 5. The summed E-state index contributed by atoms with van der Waals surface area (Å²) < 4.78 is 10.2. The van der Waals surface area contributed by atoms with Crippen LogP contribution in [-0.4, -0.2) is 37.2 Å². The van der Waals surface area contributed by atoms with Crippen molar-refractivity contribution in [2.24, 2.45) is 5.92 Å². The van der Waals surface area contributed by atoms with Crippen molar-refractivity contribution in [2.75, 3.05) is 25.6 Å². The Morgan fingerprint density at radius 1 is 1.23 bits per heavy atom. The minimum atomic E-state index is -0.469. The van der Waals surface area contributed by atoms with E-state index in [2.05, 4.69) is 10.3 Å². The van der Waals surface area contributed by atoms with Crippen LogP contribution in [0.2, 0.25) is 0 Å².